The van der Waals surface area contributed by atoms with Crippen molar-refractivity contribution in [2.75, 3.05) is 14.1 Å². The van der Waals surface area contributed by atoms with E-state index in [1.807, 2.05) is 0 Å². The maximum Gasteiger partial charge on any atom is 0.343 e. The summed E-state index contributed by atoms with van der Waals surface area (Å²) in [5, 5.41) is 10.5. The van der Waals surface area contributed by atoms with Crippen LogP contribution in [0.2, 0.25) is 0 Å². The standard InChI is InChI=1S/C13H14N2O5/c1-9(16)12(8-14(2)3)20-13(17)10-4-6-11(7-5-10)15(18)19/h4-8H,1-3H3. The molecule has 0 radical (unpaired) electrons. The smallest absolute Gasteiger partial charge is 0.343 e. The summed E-state index contributed by atoms with van der Waals surface area (Å²) in [6.07, 6.45) is 1.38. The average Bonchev–Trinajstić information content (AvgIpc) is 2.37. The Balaban J connectivity index is 2.89. The second-order valence-corrected chi connectivity index (χ2v) is 4.21. The van der Waals surface area contributed by atoms with Gasteiger partial charge in [-0.1, -0.05) is 0 Å². The van der Waals surface area contributed by atoms with E-state index in [9.17, 15) is 19.7 Å². The first-order chi connectivity index (χ1) is 9.31. The van der Waals surface area contributed by atoms with Crippen LogP contribution >= 0.6 is 0 Å². The molecule has 0 aliphatic carbocycles. The monoisotopic (exact) mass is 278 g/mol. The zero-order chi connectivity index (χ0) is 15.3. The van der Waals surface area contributed by atoms with Gasteiger partial charge in [-0.15, -0.1) is 0 Å². The lowest BCUT2D eigenvalue weighted by Crippen LogP contribution is -2.14. The molecule has 106 valence electrons. The van der Waals surface area contributed by atoms with Crippen molar-refractivity contribution in [1.29, 1.82) is 0 Å². The highest BCUT2D eigenvalue weighted by Crippen LogP contribution is 2.14. The number of nitro benzene ring substituents is 1. The number of hydrogen-bond acceptors (Lipinski definition) is 6. The van der Waals surface area contributed by atoms with E-state index < -0.39 is 16.7 Å². The maximum absolute atomic E-state index is 11.8. The number of carbonyl (C=O) groups is 2. The van der Waals surface area contributed by atoms with Gasteiger partial charge in [-0.3, -0.25) is 14.9 Å². The van der Waals surface area contributed by atoms with Gasteiger partial charge in [-0.25, -0.2) is 4.79 Å². The van der Waals surface area contributed by atoms with Crippen LogP contribution < -0.4 is 0 Å². The molecule has 20 heavy (non-hydrogen) atoms. The Bertz CT molecular complexity index is 561. The van der Waals surface area contributed by atoms with E-state index in [4.69, 9.17) is 4.74 Å². The molecule has 1 rings (SSSR count). The molecule has 0 aromatic heterocycles. The fraction of sp³-hybridized carbons (Fsp3) is 0.231. The third-order valence-corrected chi connectivity index (χ3v) is 2.24. The van der Waals surface area contributed by atoms with E-state index >= 15 is 0 Å². The molecule has 0 fully saturated rings. The first kappa shape index (κ1) is 15.4. The number of allylic oxidation sites excluding steroid dienone is 1. The summed E-state index contributed by atoms with van der Waals surface area (Å²) < 4.78 is 4.97. The maximum atomic E-state index is 11.8. The van der Waals surface area contributed by atoms with E-state index in [1.54, 1.807) is 19.0 Å². The number of rotatable bonds is 5. The Kier molecular flexibility index (Phi) is 4.96. The number of ketones is 1. The number of non-ortho nitro benzene ring substituents is 1. The Hall–Kier alpha value is -2.70. The van der Waals surface area contributed by atoms with Gasteiger partial charge >= 0.3 is 5.97 Å². The molecule has 0 amide bonds. The summed E-state index contributed by atoms with van der Waals surface area (Å²) in [5.41, 5.74) is -0.00122. The number of nitrogens with zero attached hydrogens (tertiary/aromatic N) is 2. The predicted molar refractivity (Wildman–Crippen MR) is 71.0 cm³/mol. The fourth-order valence-corrected chi connectivity index (χ4v) is 1.30. The molecule has 0 N–H and O–H groups in total. The van der Waals surface area contributed by atoms with Crippen LogP contribution in [0.25, 0.3) is 0 Å². The summed E-state index contributed by atoms with van der Waals surface area (Å²) in [4.78, 5) is 34.6. The zero-order valence-electron chi connectivity index (χ0n) is 11.3. The van der Waals surface area contributed by atoms with Gasteiger partial charge in [-0.05, 0) is 12.1 Å². The van der Waals surface area contributed by atoms with E-state index in [0.29, 0.717) is 0 Å². The molecule has 1 aromatic rings. The van der Waals surface area contributed by atoms with Crippen molar-refractivity contribution in [1.82, 2.24) is 4.90 Å². The molecule has 1 aromatic carbocycles. The minimum atomic E-state index is -0.747. The van der Waals surface area contributed by atoms with Crippen LogP contribution in [0.4, 0.5) is 5.69 Å². The summed E-state index contributed by atoms with van der Waals surface area (Å²) in [7, 11) is 3.37. The van der Waals surface area contributed by atoms with Crippen LogP contribution in [0, 0.1) is 10.1 Å². The molecule has 0 aliphatic heterocycles. The normalized spacial score (nSPS) is 10.8. The molecule has 0 spiro atoms. The lowest BCUT2D eigenvalue weighted by Gasteiger charge is -2.10. The van der Waals surface area contributed by atoms with Gasteiger partial charge in [0.05, 0.1) is 10.5 Å². The molecule has 0 unspecified atom stereocenters. The van der Waals surface area contributed by atoms with Crippen LogP contribution in [0.5, 0.6) is 0 Å². The van der Waals surface area contributed by atoms with Gasteiger partial charge in [0.25, 0.3) is 5.69 Å². The number of nitro groups is 1. The van der Waals surface area contributed by atoms with E-state index in [0.717, 1.165) is 0 Å². The Morgan fingerprint density at radius 2 is 1.80 bits per heavy atom. The van der Waals surface area contributed by atoms with Crippen molar-refractivity contribution < 1.29 is 19.2 Å². The van der Waals surface area contributed by atoms with Crippen molar-refractivity contribution in [2.45, 2.75) is 6.92 Å². The predicted octanol–water partition coefficient (Wildman–Crippen LogP) is 1.74. The molecule has 0 bridgehead atoms. The molecular weight excluding hydrogens is 264 g/mol. The zero-order valence-corrected chi connectivity index (χ0v) is 11.3. The molecular formula is C13H14N2O5. The molecule has 0 atom stereocenters. The van der Waals surface area contributed by atoms with Crippen molar-refractivity contribution >= 4 is 17.4 Å². The van der Waals surface area contributed by atoms with Crippen molar-refractivity contribution in [3.8, 4) is 0 Å². The van der Waals surface area contributed by atoms with E-state index in [1.165, 1.54) is 37.4 Å². The summed E-state index contributed by atoms with van der Waals surface area (Å²) >= 11 is 0. The third kappa shape index (κ3) is 4.20. The molecule has 0 aliphatic rings. The Morgan fingerprint density at radius 1 is 1.25 bits per heavy atom. The number of benzene rings is 1. The topological polar surface area (TPSA) is 89.8 Å². The van der Waals surface area contributed by atoms with Crippen molar-refractivity contribution in [3.05, 3.63) is 51.9 Å². The highest BCUT2D eigenvalue weighted by Gasteiger charge is 2.15. The van der Waals surface area contributed by atoms with Gasteiger partial charge in [0.1, 0.15) is 0 Å². The molecule has 0 saturated carbocycles. The minimum Gasteiger partial charge on any atom is -0.418 e. The Labute approximate surface area is 115 Å². The second kappa shape index (κ2) is 6.46. The summed E-state index contributed by atoms with van der Waals surface area (Å²) in [5.74, 6) is -1.24. The number of Topliss-reactive ketones (excluding diaryl/α,β-unsaturated/α-hetero) is 1. The number of ether oxygens (including phenoxy) is 1. The fourth-order valence-electron chi connectivity index (χ4n) is 1.30. The van der Waals surface area contributed by atoms with Gasteiger partial charge in [-0.2, -0.15) is 0 Å². The summed E-state index contributed by atoms with van der Waals surface area (Å²) in [6, 6.07) is 4.93. The lowest BCUT2D eigenvalue weighted by molar-refractivity contribution is -0.384. The largest absolute Gasteiger partial charge is 0.418 e. The minimum absolute atomic E-state index is 0.0987. The summed E-state index contributed by atoms with van der Waals surface area (Å²) in [6.45, 7) is 1.28. The van der Waals surface area contributed by atoms with E-state index in [-0.39, 0.29) is 17.0 Å². The van der Waals surface area contributed by atoms with Crippen LogP contribution in [0.15, 0.2) is 36.2 Å². The van der Waals surface area contributed by atoms with Gasteiger partial charge in [0.15, 0.2) is 11.5 Å². The van der Waals surface area contributed by atoms with E-state index in [2.05, 4.69) is 0 Å². The first-order valence-electron chi connectivity index (χ1n) is 5.67. The third-order valence-electron chi connectivity index (χ3n) is 2.24. The van der Waals surface area contributed by atoms with Crippen molar-refractivity contribution in [3.63, 3.8) is 0 Å². The molecule has 7 heteroatoms. The van der Waals surface area contributed by atoms with Gasteiger partial charge in [0, 0.05) is 39.4 Å². The van der Waals surface area contributed by atoms with Crippen LogP contribution in [0.1, 0.15) is 17.3 Å². The highest BCUT2D eigenvalue weighted by molar-refractivity contribution is 5.97. The molecule has 7 nitrogen and oxygen atoms in total. The number of carbonyl (C=O) groups excluding carboxylic acids is 2. The van der Waals surface area contributed by atoms with Crippen molar-refractivity contribution in [2.24, 2.45) is 0 Å². The van der Waals surface area contributed by atoms with Crippen LogP contribution in [0.3, 0.4) is 0 Å². The quantitative estimate of drug-likeness (QED) is 0.268. The SMILES string of the molecule is CC(=O)C(=CN(C)C)OC(=O)c1ccc([N+](=O)[O-])cc1. The van der Waals surface area contributed by atoms with Gasteiger partial charge in [0.2, 0.25) is 0 Å². The van der Waals surface area contributed by atoms with Crippen LogP contribution in [-0.4, -0.2) is 35.7 Å². The molecule has 0 heterocycles. The van der Waals surface area contributed by atoms with Crippen LogP contribution in [-0.2, 0) is 9.53 Å². The Morgan fingerprint density at radius 3 is 2.20 bits per heavy atom. The van der Waals surface area contributed by atoms with Gasteiger partial charge < -0.3 is 9.64 Å². The molecule has 0 saturated heterocycles. The first-order valence-corrected chi connectivity index (χ1v) is 5.67. The second-order valence-electron chi connectivity index (χ2n) is 4.21. The number of hydrogen-bond donors (Lipinski definition) is 0. The highest BCUT2D eigenvalue weighted by atomic mass is 16.6. The average molecular weight is 278 g/mol. The lowest BCUT2D eigenvalue weighted by atomic mass is 10.2. The number of esters is 1.